The molecule has 27 heavy (non-hydrogen) atoms. The van der Waals surface area contributed by atoms with Crippen LogP contribution in [-0.2, 0) is 4.74 Å². The van der Waals surface area contributed by atoms with Gasteiger partial charge >= 0.3 is 0 Å². The summed E-state index contributed by atoms with van der Waals surface area (Å²) < 4.78 is 11.2. The van der Waals surface area contributed by atoms with E-state index in [2.05, 4.69) is 47.8 Å². The van der Waals surface area contributed by atoms with E-state index in [1.54, 1.807) is 18.4 Å². The first-order valence-corrected chi connectivity index (χ1v) is 10.2. The first-order chi connectivity index (χ1) is 13.0. The molecule has 1 saturated heterocycles. The minimum absolute atomic E-state index is 0.140. The van der Waals surface area contributed by atoms with Crippen LogP contribution < -0.4 is 9.64 Å². The molecule has 2 atom stereocenters. The Morgan fingerprint density at radius 3 is 2.44 bits per heavy atom. The Morgan fingerprint density at radius 2 is 1.81 bits per heavy atom. The van der Waals surface area contributed by atoms with Gasteiger partial charge in [-0.3, -0.25) is 0 Å². The molecular formula is C20H22ClN3O2S. The largest absolute Gasteiger partial charge is 0.497 e. The Kier molecular flexibility index (Phi) is 4.97. The fourth-order valence-corrected chi connectivity index (χ4v) is 5.01. The van der Waals surface area contributed by atoms with Crippen LogP contribution in [0.1, 0.15) is 18.7 Å². The zero-order valence-electron chi connectivity index (χ0n) is 15.8. The number of thiophene rings is 1. The van der Waals surface area contributed by atoms with E-state index in [0.717, 1.165) is 46.0 Å². The Bertz CT molecular complexity index is 964. The summed E-state index contributed by atoms with van der Waals surface area (Å²) in [7, 11) is 1.68. The predicted octanol–water partition coefficient (Wildman–Crippen LogP) is 4.94. The van der Waals surface area contributed by atoms with E-state index in [1.807, 2.05) is 12.1 Å². The van der Waals surface area contributed by atoms with Crippen LogP contribution in [0.2, 0.25) is 5.28 Å². The highest BCUT2D eigenvalue weighted by Crippen LogP contribution is 2.43. The van der Waals surface area contributed by atoms with Crippen molar-refractivity contribution in [1.82, 2.24) is 9.97 Å². The maximum Gasteiger partial charge on any atom is 0.225 e. The van der Waals surface area contributed by atoms with Gasteiger partial charge in [0.1, 0.15) is 16.4 Å². The molecule has 4 rings (SSSR count). The molecule has 1 fully saturated rings. The maximum atomic E-state index is 6.27. The number of hydrogen-bond donors (Lipinski definition) is 0. The summed E-state index contributed by atoms with van der Waals surface area (Å²) in [6, 6.07) is 8.12. The molecule has 0 saturated carbocycles. The third kappa shape index (κ3) is 3.49. The number of aryl methyl sites for hydroxylation is 1. The van der Waals surface area contributed by atoms with Crippen molar-refractivity contribution in [2.75, 3.05) is 25.1 Å². The van der Waals surface area contributed by atoms with Crippen LogP contribution in [0.5, 0.6) is 5.75 Å². The van der Waals surface area contributed by atoms with Gasteiger partial charge in [0.15, 0.2) is 0 Å². The van der Waals surface area contributed by atoms with Gasteiger partial charge in [-0.15, -0.1) is 11.3 Å². The lowest BCUT2D eigenvalue weighted by molar-refractivity contribution is -0.00537. The van der Waals surface area contributed by atoms with Gasteiger partial charge in [-0.25, -0.2) is 4.98 Å². The Hall–Kier alpha value is -1.89. The van der Waals surface area contributed by atoms with E-state index >= 15 is 0 Å². The summed E-state index contributed by atoms with van der Waals surface area (Å²) in [5.74, 6) is 1.73. The molecule has 0 bridgehead atoms. The van der Waals surface area contributed by atoms with Gasteiger partial charge < -0.3 is 14.4 Å². The van der Waals surface area contributed by atoms with Crippen molar-refractivity contribution in [2.45, 2.75) is 33.0 Å². The highest BCUT2D eigenvalue weighted by Gasteiger charge is 2.27. The third-order valence-electron chi connectivity index (χ3n) is 4.78. The average Bonchev–Trinajstić information content (AvgIpc) is 2.95. The number of halogens is 1. The van der Waals surface area contributed by atoms with Gasteiger partial charge in [0.25, 0.3) is 0 Å². The van der Waals surface area contributed by atoms with E-state index in [9.17, 15) is 0 Å². The molecule has 0 aliphatic carbocycles. The third-order valence-corrected chi connectivity index (χ3v) is 5.95. The van der Waals surface area contributed by atoms with Gasteiger partial charge in [0.05, 0.1) is 24.7 Å². The SMILES string of the molecule is COc1ccc(-c2c(C)sc3nc(Cl)nc(N4CC(C)OC(C)C4)c23)cc1. The van der Waals surface area contributed by atoms with Crippen molar-refractivity contribution in [3.8, 4) is 16.9 Å². The van der Waals surface area contributed by atoms with Crippen molar-refractivity contribution >= 4 is 39.0 Å². The minimum atomic E-state index is 0.140. The number of benzene rings is 1. The molecule has 2 aromatic heterocycles. The monoisotopic (exact) mass is 403 g/mol. The van der Waals surface area contributed by atoms with E-state index in [-0.39, 0.29) is 17.5 Å². The Morgan fingerprint density at radius 1 is 1.15 bits per heavy atom. The molecule has 1 aliphatic rings. The molecule has 7 heteroatoms. The number of morpholine rings is 1. The predicted molar refractivity (Wildman–Crippen MR) is 111 cm³/mol. The first-order valence-electron chi connectivity index (χ1n) is 8.97. The lowest BCUT2D eigenvalue weighted by atomic mass is 10.0. The van der Waals surface area contributed by atoms with Crippen molar-refractivity contribution in [3.63, 3.8) is 0 Å². The number of ether oxygens (including phenoxy) is 2. The van der Waals surface area contributed by atoms with Gasteiger partial charge in [0.2, 0.25) is 5.28 Å². The normalized spacial score (nSPS) is 20.3. The van der Waals surface area contributed by atoms with Crippen LogP contribution in [-0.4, -0.2) is 42.4 Å². The topological polar surface area (TPSA) is 47.5 Å². The van der Waals surface area contributed by atoms with Gasteiger partial charge in [-0.1, -0.05) is 12.1 Å². The van der Waals surface area contributed by atoms with Crippen molar-refractivity contribution in [1.29, 1.82) is 0 Å². The highest BCUT2D eigenvalue weighted by molar-refractivity contribution is 7.19. The van der Waals surface area contributed by atoms with Gasteiger partial charge in [0, 0.05) is 23.5 Å². The number of rotatable bonds is 3. The summed E-state index contributed by atoms with van der Waals surface area (Å²) in [5, 5.41) is 1.35. The number of methoxy groups -OCH3 is 1. The van der Waals surface area contributed by atoms with E-state index in [4.69, 9.17) is 21.1 Å². The second-order valence-electron chi connectivity index (χ2n) is 6.92. The fraction of sp³-hybridized carbons (Fsp3) is 0.400. The number of fused-ring (bicyclic) bond motifs is 1. The standard InChI is InChI=1S/C20H22ClN3O2S/c1-11-9-24(10-12(2)26-11)18-17-16(14-5-7-15(25-4)8-6-14)13(3)27-19(17)23-20(21)22-18/h5-8,11-12H,9-10H2,1-4H3. The van der Waals surface area contributed by atoms with Crippen LogP contribution in [0, 0.1) is 6.92 Å². The fourth-order valence-electron chi connectivity index (χ4n) is 3.75. The summed E-state index contributed by atoms with van der Waals surface area (Å²) in [6.45, 7) is 7.86. The second kappa shape index (κ2) is 7.26. The van der Waals surface area contributed by atoms with Crippen LogP contribution in [0.25, 0.3) is 21.3 Å². The smallest absolute Gasteiger partial charge is 0.225 e. The number of hydrogen-bond acceptors (Lipinski definition) is 6. The lowest BCUT2D eigenvalue weighted by Gasteiger charge is -2.36. The summed E-state index contributed by atoms with van der Waals surface area (Å²) in [5.41, 5.74) is 2.29. The minimum Gasteiger partial charge on any atom is -0.497 e. The zero-order chi connectivity index (χ0) is 19.1. The van der Waals surface area contributed by atoms with E-state index < -0.39 is 0 Å². The molecule has 3 heterocycles. The Labute approximate surface area is 167 Å². The summed E-state index contributed by atoms with van der Waals surface area (Å²) in [4.78, 5) is 13.5. The van der Waals surface area contributed by atoms with Crippen LogP contribution in [0.3, 0.4) is 0 Å². The molecule has 142 valence electrons. The molecule has 0 amide bonds. The quantitative estimate of drug-likeness (QED) is 0.579. The Balaban J connectivity index is 1.90. The molecule has 3 aromatic rings. The second-order valence-corrected chi connectivity index (χ2v) is 8.46. The molecule has 1 aromatic carbocycles. The molecule has 0 radical (unpaired) electrons. The molecule has 0 spiro atoms. The van der Waals surface area contributed by atoms with Crippen molar-refractivity contribution < 1.29 is 9.47 Å². The van der Waals surface area contributed by atoms with Gasteiger partial charge in [-0.2, -0.15) is 4.98 Å². The molecular weight excluding hydrogens is 382 g/mol. The van der Waals surface area contributed by atoms with Crippen LogP contribution in [0.4, 0.5) is 5.82 Å². The van der Waals surface area contributed by atoms with Gasteiger partial charge in [-0.05, 0) is 50.1 Å². The molecule has 5 nitrogen and oxygen atoms in total. The van der Waals surface area contributed by atoms with Crippen molar-refractivity contribution in [3.05, 3.63) is 34.4 Å². The van der Waals surface area contributed by atoms with E-state index in [1.165, 1.54) is 4.88 Å². The highest BCUT2D eigenvalue weighted by atomic mass is 35.5. The van der Waals surface area contributed by atoms with Crippen molar-refractivity contribution in [2.24, 2.45) is 0 Å². The van der Waals surface area contributed by atoms with Crippen LogP contribution >= 0.6 is 22.9 Å². The number of nitrogens with zero attached hydrogens (tertiary/aromatic N) is 3. The first kappa shape index (κ1) is 18.5. The zero-order valence-corrected chi connectivity index (χ0v) is 17.4. The van der Waals surface area contributed by atoms with Crippen LogP contribution in [0.15, 0.2) is 24.3 Å². The number of anilines is 1. The molecule has 1 aliphatic heterocycles. The summed E-state index contributed by atoms with van der Waals surface area (Å²) >= 11 is 7.93. The molecule has 2 unspecified atom stereocenters. The molecule has 0 N–H and O–H groups in total. The maximum absolute atomic E-state index is 6.27. The lowest BCUT2D eigenvalue weighted by Crippen LogP contribution is -2.46. The van der Waals surface area contributed by atoms with E-state index in [0.29, 0.717) is 0 Å². The average molecular weight is 404 g/mol. The summed E-state index contributed by atoms with van der Waals surface area (Å²) in [6.07, 6.45) is 0.281. The number of aromatic nitrogens is 2.